The molecule has 30 heavy (non-hydrogen) atoms. The maximum absolute atomic E-state index is 4.90. The summed E-state index contributed by atoms with van der Waals surface area (Å²) in [7, 11) is 0. The third kappa shape index (κ3) is 3.02. The minimum absolute atomic E-state index is 0.331. The van der Waals surface area contributed by atoms with Gasteiger partial charge in [0, 0.05) is 37.1 Å². The Bertz CT molecular complexity index is 1140. The first-order chi connectivity index (χ1) is 14.5. The minimum atomic E-state index is 0.331. The molecule has 2 N–H and O–H groups in total. The van der Waals surface area contributed by atoms with Crippen LogP contribution >= 0.6 is 0 Å². The Morgan fingerprint density at radius 2 is 2.07 bits per heavy atom. The number of hydrogen-bond donors (Lipinski definition) is 2. The Kier molecular flexibility index (Phi) is 4.47. The highest BCUT2D eigenvalue weighted by atomic mass is 15.5. The van der Waals surface area contributed by atoms with Crippen LogP contribution in [0.4, 0.5) is 0 Å². The number of pyridine rings is 1. The lowest BCUT2D eigenvalue weighted by molar-refractivity contribution is 0.0402. The van der Waals surface area contributed by atoms with Crippen LogP contribution in [0.1, 0.15) is 31.3 Å². The molecule has 1 saturated carbocycles. The van der Waals surface area contributed by atoms with Gasteiger partial charge in [-0.25, -0.2) is 20.0 Å². The van der Waals surface area contributed by atoms with Crippen molar-refractivity contribution in [3.05, 3.63) is 35.9 Å². The summed E-state index contributed by atoms with van der Waals surface area (Å²) in [6.45, 7) is 13.0. The van der Waals surface area contributed by atoms with Crippen molar-refractivity contribution < 1.29 is 0 Å². The first kappa shape index (κ1) is 19.0. The third-order valence-corrected chi connectivity index (χ3v) is 6.53. The molecule has 0 aromatic carbocycles. The van der Waals surface area contributed by atoms with Gasteiger partial charge in [0.25, 0.3) is 0 Å². The summed E-state index contributed by atoms with van der Waals surface area (Å²) in [6, 6.07) is 6.47. The Balaban J connectivity index is 1.38. The van der Waals surface area contributed by atoms with Gasteiger partial charge in [0.2, 0.25) is 5.96 Å². The summed E-state index contributed by atoms with van der Waals surface area (Å²) in [5.41, 5.74) is 8.68. The number of imidazole rings is 1. The molecule has 0 amide bonds. The van der Waals surface area contributed by atoms with Crippen LogP contribution in [0.25, 0.3) is 22.4 Å². The zero-order valence-corrected chi connectivity index (χ0v) is 17.8. The standard InChI is InChI=1S/C22H28N8/c1-5-29-15(3)25-19-7-6-18(27-20(19)29)17-8-9-30(14(17)2)28-21(23-4)26-16-10-22(11-16)12-24-13-22/h6-9,16,24H,4-5,10-13H2,1-3H3,(H,26,28). The van der Waals surface area contributed by atoms with Crippen molar-refractivity contribution >= 4 is 23.8 Å². The SMILES string of the molecule is C=NC(=NC1CC2(CNC2)C1)Nn1ccc(-c2ccc3nc(C)n(CC)c3n2)c1C. The molecule has 1 spiro atoms. The van der Waals surface area contributed by atoms with Crippen molar-refractivity contribution in [3.63, 3.8) is 0 Å². The van der Waals surface area contributed by atoms with Crippen LogP contribution in [0.2, 0.25) is 0 Å². The molecule has 1 aliphatic carbocycles. The molecule has 3 aromatic heterocycles. The molecule has 156 valence electrons. The normalized spacial score (nSPS) is 18.4. The van der Waals surface area contributed by atoms with E-state index in [0.29, 0.717) is 17.4 Å². The van der Waals surface area contributed by atoms with Crippen molar-refractivity contribution in [2.24, 2.45) is 15.4 Å². The second-order valence-electron chi connectivity index (χ2n) is 8.52. The van der Waals surface area contributed by atoms with E-state index in [1.165, 1.54) is 0 Å². The third-order valence-electron chi connectivity index (χ3n) is 6.53. The number of nitrogens with zero attached hydrogens (tertiary/aromatic N) is 6. The van der Waals surface area contributed by atoms with Gasteiger partial charge in [-0.3, -0.25) is 10.1 Å². The fourth-order valence-corrected chi connectivity index (χ4v) is 4.73. The van der Waals surface area contributed by atoms with E-state index < -0.39 is 0 Å². The average molecular weight is 405 g/mol. The second-order valence-corrected chi connectivity index (χ2v) is 8.52. The van der Waals surface area contributed by atoms with Crippen molar-refractivity contribution in [2.75, 3.05) is 18.5 Å². The van der Waals surface area contributed by atoms with E-state index in [1.807, 2.05) is 29.9 Å². The van der Waals surface area contributed by atoms with E-state index in [2.05, 4.69) is 51.9 Å². The highest BCUT2D eigenvalue weighted by Gasteiger charge is 2.48. The average Bonchev–Trinajstić information content (AvgIpc) is 3.19. The fraction of sp³-hybridized carbons (Fsp3) is 0.455. The summed E-state index contributed by atoms with van der Waals surface area (Å²) >= 11 is 0. The Morgan fingerprint density at radius 3 is 2.73 bits per heavy atom. The topological polar surface area (TPSA) is 84.4 Å². The van der Waals surface area contributed by atoms with E-state index in [1.54, 1.807) is 0 Å². The maximum Gasteiger partial charge on any atom is 0.237 e. The van der Waals surface area contributed by atoms with E-state index in [9.17, 15) is 0 Å². The van der Waals surface area contributed by atoms with E-state index in [4.69, 9.17) is 9.98 Å². The number of aliphatic imine (C=N–C) groups is 2. The van der Waals surface area contributed by atoms with Crippen LogP contribution in [-0.2, 0) is 6.54 Å². The van der Waals surface area contributed by atoms with Crippen LogP contribution < -0.4 is 10.7 Å². The van der Waals surface area contributed by atoms with Gasteiger partial charge < -0.3 is 9.88 Å². The van der Waals surface area contributed by atoms with Crippen LogP contribution in [0.15, 0.2) is 34.4 Å². The molecular weight excluding hydrogens is 376 g/mol. The van der Waals surface area contributed by atoms with Gasteiger partial charge in [-0.2, -0.15) is 0 Å². The molecule has 5 rings (SSSR count). The van der Waals surface area contributed by atoms with Gasteiger partial charge in [-0.05, 0) is 63.9 Å². The number of aryl methyl sites for hydroxylation is 2. The van der Waals surface area contributed by atoms with Gasteiger partial charge in [-0.1, -0.05) is 0 Å². The zero-order valence-electron chi connectivity index (χ0n) is 17.8. The summed E-state index contributed by atoms with van der Waals surface area (Å²) in [6.07, 6.45) is 4.24. The molecule has 0 bridgehead atoms. The van der Waals surface area contributed by atoms with Gasteiger partial charge in [-0.15, -0.1) is 0 Å². The number of fused-ring (bicyclic) bond motifs is 1. The molecule has 0 radical (unpaired) electrons. The Labute approximate surface area is 176 Å². The summed E-state index contributed by atoms with van der Waals surface area (Å²) in [5.74, 6) is 1.55. The summed E-state index contributed by atoms with van der Waals surface area (Å²) < 4.78 is 4.08. The number of aromatic nitrogens is 4. The smallest absolute Gasteiger partial charge is 0.237 e. The molecule has 0 atom stereocenters. The van der Waals surface area contributed by atoms with Gasteiger partial charge in [0.15, 0.2) is 5.65 Å². The number of guanidine groups is 1. The molecule has 1 aliphatic heterocycles. The number of nitrogens with one attached hydrogen (secondary N) is 2. The van der Waals surface area contributed by atoms with Crippen molar-refractivity contribution in [3.8, 4) is 11.3 Å². The van der Waals surface area contributed by atoms with Crippen molar-refractivity contribution in [1.82, 2.24) is 24.5 Å². The molecule has 1 saturated heterocycles. The Hall–Kier alpha value is -3.00. The predicted molar refractivity (Wildman–Crippen MR) is 121 cm³/mol. The zero-order chi connectivity index (χ0) is 20.9. The van der Waals surface area contributed by atoms with Crippen LogP contribution in [0.5, 0.6) is 0 Å². The molecule has 2 aliphatic rings. The largest absolute Gasteiger partial charge is 0.316 e. The van der Waals surface area contributed by atoms with Crippen LogP contribution in [0.3, 0.4) is 0 Å². The predicted octanol–water partition coefficient (Wildman–Crippen LogP) is 2.89. The van der Waals surface area contributed by atoms with Gasteiger partial charge in [0.1, 0.15) is 11.3 Å². The molecule has 2 fully saturated rings. The van der Waals surface area contributed by atoms with Crippen LogP contribution in [0, 0.1) is 19.3 Å². The minimum Gasteiger partial charge on any atom is -0.316 e. The van der Waals surface area contributed by atoms with E-state index in [-0.39, 0.29) is 0 Å². The Morgan fingerprint density at radius 1 is 1.27 bits per heavy atom. The monoisotopic (exact) mass is 404 g/mol. The van der Waals surface area contributed by atoms with Gasteiger partial charge >= 0.3 is 0 Å². The van der Waals surface area contributed by atoms with Gasteiger partial charge in [0.05, 0.1) is 11.7 Å². The molecule has 0 unspecified atom stereocenters. The highest BCUT2D eigenvalue weighted by Crippen LogP contribution is 2.45. The number of rotatable bonds is 4. The summed E-state index contributed by atoms with van der Waals surface area (Å²) in [5, 5.41) is 3.36. The molecule has 8 nitrogen and oxygen atoms in total. The van der Waals surface area contributed by atoms with Crippen molar-refractivity contribution in [2.45, 2.75) is 46.2 Å². The lowest BCUT2D eigenvalue weighted by Crippen LogP contribution is -2.61. The van der Waals surface area contributed by atoms with E-state index in [0.717, 1.165) is 66.4 Å². The quantitative estimate of drug-likeness (QED) is 0.517. The van der Waals surface area contributed by atoms with E-state index >= 15 is 0 Å². The second kappa shape index (κ2) is 7.05. The lowest BCUT2D eigenvalue weighted by Gasteiger charge is -2.53. The first-order valence-corrected chi connectivity index (χ1v) is 10.6. The highest BCUT2D eigenvalue weighted by molar-refractivity contribution is 5.91. The summed E-state index contributed by atoms with van der Waals surface area (Å²) in [4.78, 5) is 18.4. The molecule has 3 aromatic rings. The van der Waals surface area contributed by atoms with Crippen molar-refractivity contribution in [1.29, 1.82) is 0 Å². The van der Waals surface area contributed by atoms with Crippen LogP contribution in [-0.4, -0.2) is 51.0 Å². The molecule has 8 heteroatoms. The fourth-order valence-electron chi connectivity index (χ4n) is 4.73. The first-order valence-electron chi connectivity index (χ1n) is 10.6. The lowest BCUT2D eigenvalue weighted by atomic mass is 9.62. The maximum atomic E-state index is 4.90. The molecule has 4 heterocycles. The number of hydrogen-bond acceptors (Lipinski definition) is 4. The molecular formula is C22H28N8.